The number of halogens is 5. The van der Waals surface area contributed by atoms with E-state index >= 15 is 4.39 Å². The number of carbonyl (C=O) groups excluding carboxylic acids is 2. The zero-order chi connectivity index (χ0) is 32.5. The number of methoxy groups -OCH3 is 1. The number of hydrogen-bond acceptors (Lipinski definition) is 8. The molecule has 0 spiro atoms. The van der Waals surface area contributed by atoms with Crippen LogP contribution < -0.4 is 20.1 Å². The van der Waals surface area contributed by atoms with Gasteiger partial charge in [0.05, 0.1) is 30.0 Å². The molecule has 1 saturated heterocycles. The Morgan fingerprint density at radius 3 is 2.56 bits per heavy atom. The predicted molar refractivity (Wildman–Crippen MR) is 153 cm³/mol. The number of alkyl halides is 4. The van der Waals surface area contributed by atoms with Gasteiger partial charge in [-0.2, -0.15) is 18.2 Å². The largest absolute Gasteiger partial charge is 0.495 e. The van der Waals surface area contributed by atoms with Crippen LogP contribution in [-0.4, -0.2) is 78.1 Å². The lowest BCUT2D eigenvalue weighted by Gasteiger charge is -2.29. The fourth-order valence-electron chi connectivity index (χ4n) is 5.42. The molecule has 2 aliphatic rings. The van der Waals surface area contributed by atoms with Crippen LogP contribution in [0.25, 0.3) is 0 Å². The highest BCUT2D eigenvalue weighted by molar-refractivity contribution is 6.02. The highest BCUT2D eigenvalue weighted by Crippen LogP contribution is 2.42. The Balaban J connectivity index is 1.43. The molecular weight excluding hydrogens is 603 g/mol. The van der Waals surface area contributed by atoms with E-state index in [-0.39, 0.29) is 40.9 Å². The van der Waals surface area contributed by atoms with Crippen molar-refractivity contribution in [2.75, 3.05) is 45.8 Å². The van der Waals surface area contributed by atoms with Gasteiger partial charge in [-0.25, -0.2) is 13.8 Å². The van der Waals surface area contributed by atoms with Gasteiger partial charge in [-0.15, -0.1) is 0 Å². The van der Waals surface area contributed by atoms with E-state index < -0.39 is 53.9 Å². The number of ether oxygens (including phenoxy) is 2. The van der Waals surface area contributed by atoms with Gasteiger partial charge >= 0.3 is 6.18 Å². The third-order valence-electron chi connectivity index (χ3n) is 7.88. The molecule has 0 radical (unpaired) electrons. The van der Waals surface area contributed by atoms with Crippen LogP contribution in [0.2, 0.25) is 0 Å². The number of nitrogens with one attached hydrogen (secondary N) is 2. The minimum absolute atomic E-state index is 0.00227. The van der Waals surface area contributed by atoms with E-state index in [1.807, 2.05) is 7.05 Å². The third-order valence-corrected chi connectivity index (χ3v) is 7.88. The van der Waals surface area contributed by atoms with Crippen molar-refractivity contribution in [1.82, 2.24) is 25.1 Å². The predicted octanol–water partition coefficient (Wildman–Crippen LogP) is 5.49. The first-order chi connectivity index (χ1) is 21.4. The number of piperidine rings is 1. The number of benzene rings is 2. The van der Waals surface area contributed by atoms with Crippen molar-refractivity contribution in [2.24, 2.45) is 0 Å². The first kappa shape index (κ1) is 31.9. The molecule has 15 heteroatoms. The summed E-state index contributed by atoms with van der Waals surface area (Å²) in [6.07, 6.45) is -3.02. The highest BCUT2D eigenvalue weighted by atomic mass is 19.4. The number of nitrogens with zero attached hydrogens (tertiary/aromatic N) is 4. The Bertz CT molecular complexity index is 1600. The van der Waals surface area contributed by atoms with Crippen LogP contribution in [0.1, 0.15) is 57.7 Å². The minimum Gasteiger partial charge on any atom is -0.495 e. The fourth-order valence-corrected chi connectivity index (χ4v) is 5.42. The molecule has 1 fully saturated rings. The summed E-state index contributed by atoms with van der Waals surface area (Å²) >= 11 is 0. The van der Waals surface area contributed by atoms with E-state index in [2.05, 4.69) is 25.5 Å². The average Bonchev–Trinajstić information content (AvgIpc) is 3.23. The number of carbonyl (C=O) groups is 2. The monoisotopic (exact) mass is 634 g/mol. The summed E-state index contributed by atoms with van der Waals surface area (Å²) in [4.78, 5) is 36.9. The summed E-state index contributed by atoms with van der Waals surface area (Å²) in [5.41, 5.74) is -1.20. The molecule has 1 aromatic heterocycles. The van der Waals surface area contributed by atoms with Crippen LogP contribution in [0.15, 0.2) is 36.5 Å². The molecular formula is C30H31F5N6O4. The van der Waals surface area contributed by atoms with Gasteiger partial charge in [-0.3, -0.25) is 9.59 Å². The molecule has 0 aliphatic carbocycles. The van der Waals surface area contributed by atoms with Gasteiger partial charge in [0.2, 0.25) is 11.8 Å². The molecule has 5 rings (SSSR count). The Labute approximate surface area is 255 Å². The Morgan fingerprint density at radius 1 is 1.16 bits per heavy atom. The van der Waals surface area contributed by atoms with Gasteiger partial charge in [-0.05, 0) is 57.6 Å². The molecule has 10 nitrogen and oxygen atoms in total. The minimum atomic E-state index is -4.93. The number of likely N-dealkylation sites (tertiary alicyclic amines) is 1. The van der Waals surface area contributed by atoms with Gasteiger partial charge in [0.25, 0.3) is 11.8 Å². The lowest BCUT2D eigenvalue weighted by atomic mass is 10.0. The molecule has 3 heterocycles. The average molecular weight is 635 g/mol. The summed E-state index contributed by atoms with van der Waals surface area (Å²) in [6, 6.07) is 5.91. The van der Waals surface area contributed by atoms with Crippen LogP contribution in [0, 0.1) is 5.82 Å². The fraction of sp³-hybridized carbons (Fsp3) is 0.400. The van der Waals surface area contributed by atoms with Gasteiger partial charge in [-0.1, -0.05) is 12.1 Å². The SMILES string of the molecule is COc1cc(C(=O)NC2CCN(C)CC2)c(F)cc1Nc1ncc(C(F)(F)F)c(Oc2cccc3c2C(=O)N(CCF)[C@@H]3C)n1. The van der Waals surface area contributed by atoms with Gasteiger partial charge in [0.15, 0.2) is 0 Å². The molecule has 0 unspecified atom stereocenters. The van der Waals surface area contributed by atoms with E-state index in [1.54, 1.807) is 13.0 Å². The van der Waals surface area contributed by atoms with Crippen LogP contribution in [-0.2, 0) is 6.18 Å². The standard InChI is InChI=1S/C30H31F5N6O4/c1-16-18-5-4-6-23(25(18)28(43)41(16)12-9-31)45-27-20(30(33,34)35)15-36-29(39-27)38-22-14-21(32)19(13-24(22)44-3)26(42)37-17-7-10-40(2)11-8-17/h4-6,13-17H,7-12H2,1-3H3,(H,37,42)(H,36,38,39)/t16-/m1/s1. The first-order valence-corrected chi connectivity index (χ1v) is 14.2. The van der Waals surface area contributed by atoms with Crippen molar-refractivity contribution in [3.63, 3.8) is 0 Å². The molecule has 1 atom stereocenters. The van der Waals surface area contributed by atoms with E-state index in [0.717, 1.165) is 19.2 Å². The topological polar surface area (TPSA) is 109 Å². The van der Waals surface area contributed by atoms with E-state index in [1.165, 1.54) is 30.2 Å². The summed E-state index contributed by atoms with van der Waals surface area (Å²) in [5.74, 6) is -3.66. The van der Waals surface area contributed by atoms with Gasteiger partial charge in [0, 0.05) is 24.8 Å². The first-order valence-electron chi connectivity index (χ1n) is 14.2. The van der Waals surface area contributed by atoms with Crippen molar-refractivity contribution in [3.8, 4) is 17.4 Å². The molecule has 240 valence electrons. The Morgan fingerprint density at radius 2 is 1.89 bits per heavy atom. The van der Waals surface area contributed by atoms with Gasteiger partial charge in [0.1, 0.15) is 29.6 Å². The van der Waals surface area contributed by atoms with Crippen molar-refractivity contribution in [1.29, 1.82) is 0 Å². The quantitative estimate of drug-likeness (QED) is 0.298. The van der Waals surface area contributed by atoms with Crippen molar-refractivity contribution < 1.29 is 41.0 Å². The summed E-state index contributed by atoms with van der Waals surface area (Å²) < 4.78 is 81.0. The maximum atomic E-state index is 15.2. The van der Waals surface area contributed by atoms with Crippen molar-refractivity contribution in [2.45, 2.75) is 38.0 Å². The van der Waals surface area contributed by atoms with Crippen molar-refractivity contribution >= 4 is 23.5 Å². The Kier molecular flexibility index (Phi) is 9.09. The summed E-state index contributed by atoms with van der Waals surface area (Å²) in [7, 11) is 3.25. The molecule has 0 bridgehead atoms. The van der Waals surface area contributed by atoms with Gasteiger partial charge < -0.3 is 29.9 Å². The maximum absolute atomic E-state index is 15.2. The molecule has 2 aromatic carbocycles. The van der Waals surface area contributed by atoms with Crippen LogP contribution in [0.3, 0.4) is 0 Å². The summed E-state index contributed by atoms with van der Waals surface area (Å²) in [6.45, 7) is 2.26. The highest BCUT2D eigenvalue weighted by Gasteiger charge is 2.39. The second kappa shape index (κ2) is 12.8. The molecule has 2 N–H and O–H groups in total. The normalized spacial score (nSPS) is 17.3. The molecule has 0 saturated carbocycles. The number of fused-ring (bicyclic) bond motifs is 1. The maximum Gasteiger partial charge on any atom is 0.423 e. The van der Waals surface area contributed by atoms with Crippen LogP contribution >= 0.6 is 0 Å². The van der Waals surface area contributed by atoms with E-state index in [4.69, 9.17) is 9.47 Å². The number of rotatable bonds is 9. The number of aromatic nitrogens is 2. The van der Waals surface area contributed by atoms with Crippen LogP contribution in [0.5, 0.6) is 17.4 Å². The molecule has 2 aliphatic heterocycles. The lowest BCUT2D eigenvalue weighted by Crippen LogP contribution is -2.43. The number of anilines is 2. The molecule has 2 amide bonds. The second-order valence-electron chi connectivity index (χ2n) is 10.8. The Hall–Kier alpha value is -4.53. The van der Waals surface area contributed by atoms with E-state index in [0.29, 0.717) is 24.6 Å². The van der Waals surface area contributed by atoms with E-state index in [9.17, 15) is 27.2 Å². The molecule has 3 aromatic rings. The smallest absolute Gasteiger partial charge is 0.423 e. The lowest BCUT2D eigenvalue weighted by molar-refractivity contribution is -0.139. The zero-order valence-corrected chi connectivity index (χ0v) is 24.7. The summed E-state index contributed by atoms with van der Waals surface area (Å²) in [5, 5.41) is 5.45. The number of hydrogen-bond donors (Lipinski definition) is 2. The van der Waals surface area contributed by atoms with Crippen LogP contribution in [0.4, 0.5) is 33.6 Å². The van der Waals surface area contributed by atoms with Crippen molar-refractivity contribution in [3.05, 3.63) is 64.6 Å². The zero-order valence-electron chi connectivity index (χ0n) is 24.7. The third kappa shape index (κ3) is 6.62. The number of amides is 2. The second-order valence-corrected chi connectivity index (χ2v) is 10.8. The molecule has 45 heavy (non-hydrogen) atoms.